The summed E-state index contributed by atoms with van der Waals surface area (Å²) < 4.78 is 1.34. The molecule has 0 aliphatic rings. The summed E-state index contributed by atoms with van der Waals surface area (Å²) in [5.41, 5.74) is 0.831. The molecular formula is C7H7NO2S. The third-order valence-electron chi connectivity index (χ3n) is 1.48. The van der Waals surface area contributed by atoms with Gasteiger partial charge >= 0.3 is 0 Å². The quantitative estimate of drug-likeness (QED) is 0.394. The summed E-state index contributed by atoms with van der Waals surface area (Å²) in [5, 5.41) is 9.07. The van der Waals surface area contributed by atoms with Crippen LogP contribution in [-0.2, 0) is 0 Å². The van der Waals surface area contributed by atoms with E-state index in [1.807, 2.05) is 0 Å². The van der Waals surface area contributed by atoms with Crippen LogP contribution < -0.4 is 0 Å². The molecule has 0 aliphatic heterocycles. The van der Waals surface area contributed by atoms with Crippen LogP contribution in [-0.4, -0.2) is 16.2 Å². The van der Waals surface area contributed by atoms with Crippen molar-refractivity contribution in [2.24, 2.45) is 0 Å². The molecular weight excluding hydrogens is 162 g/mol. The Bertz CT molecular complexity index is 343. The van der Waals surface area contributed by atoms with Crippen molar-refractivity contribution in [3.63, 3.8) is 0 Å². The second kappa shape index (κ2) is 2.84. The molecule has 1 aromatic heterocycles. The summed E-state index contributed by atoms with van der Waals surface area (Å²) in [5.74, 6) is 0. The number of pyridine rings is 1. The first-order valence-electron chi connectivity index (χ1n) is 3.03. The number of hydrogen-bond acceptors (Lipinski definition) is 3. The minimum absolute atomic E-state index is 0.366. The fourth-order valence-corrected chi connectivity index (χ4v) is 1.04. The molecule has 1 heterocycles. The van der Waals surface area contributed by atoms with Gasteiger partial charge in [-0.3, -0.25) is 4.79 Å². The fraction of sp³-hybridized carbons (Fsp3) is 0.143. The van der Waals surface area contributed by atoms with Crippen molar-refractivity contribution < 1.29 is 10.0 Å². The van der Waals surface area contributed by atoms with Crippen molar-refractivity contribution in [3.05, 3.63) is 28.0 Å². The summed E-state index contributed by atoms with van der Waals surface area (Å²) in [4.78, 5) is 10.4. The van der Waals surface area contributed by atoms with Gasteiger partial charge in [0.15, 0.2) is 6.29 Å². The normalized spacial score (nSPS) is 9.55. The van der Waals surface area contributed by atoms with Gasteiger partial charge in [-0.2, -0.15) is 4.73 Å². The first-order valence-corrected chi connectivity index (χ1v) is 3.44. The van der Waals surface area contributed by atoms with E-state index in [4.69, 9.17) is 17.4 Å². The largest absolute Gasteiger partial charge is 0.429 e. The van der Waals surface area contributed by atoms with Crippen LogP contribution in [0.25, 0.3) is 0 Å². The van der Waals surface area contributed by atoms with Crippen LogP contribution in [0, 0.1) is 11.4 Å². The maximum Gasteiger partial charge on any atom is 0.153 e. The van der Waals surface area contributed by atoms with Crippen LogP contribution in [0.4, 0.5) is 0 Å². The molecule has 0 fully saturated rings. The predicted octanol–water partition coefficient (Wildman–Crippen LogP) is 1.58. The second-order valence-corrected chi connectivity index (χ2v) is 2.58. The summed E-state index contributed by atoms with van der Waals surface area (Å²) in [6.07, 6.45) is 2.05. The molecule has 58 valence electrons. The molecule has 0 aliphatic carbocycles. The molecule has 4 heteroatoms. The van der Waals surface area contributed by atoms with E-state index in [0.29, 0.717) is 22.1 Å². The molecule has 0 atom stereocenters. The van der Waals surface area contributed by atoms with Gasteiger partial charge in [0.1, 0.15) is 0 Å². The first-order chi connectivity index (χ1) is 5.16. The van der Waals surface area contributed by atoms with Gasteiger partial charge in [-0.25, -0.2) is 0 Å². The van der Waals surface area contributed by atoms with Gasteiger partial charge in [0.2, 0.25) is 0 Å². The van der Waals surface area contributed by atoms with Gasteiger partial charge in [0.25, 0.3) is 0 Å². The Morgan fingerprint density at radius 2 is 2.36 bits per heavy atom. The molecule has 1 aromatic rings. The summed E-state index contributed by atoms with van der Waals surface area (Å²) in [6, 6.07) is 1.51. The Morgan fingerprint density at radius 3 is 2.82 bits per heavy atom. The molecule has 0 unspecified atom stereocenters. The molecule has 0 bridgehead atoms. The molecule has 0 spiro atoms. The number of nitrogens with zero attached hydrogens (tertiary/aromatic N) is 1. The van der Waals surface area contributed by atoms with Gasteiger partial charge in [0, 0.05) is 6.20 Å². The van der Waals surface area contributed by atoms with Crippen LogP contribution in [0.1, 0.15) is 16.1 Å². The Hall–Kier alpha value is -1.16. The molecule has 1 N–H and O–H groups in total. The van der Waals surface area contributed by atoms with Gasteiger partial charge in [0.05, 0.1) is 15.8 Å². The molecule has 0 amide bonds. The van der Waals surface area contributed by atoms with Gasteiger partial charge < -0.3 is 5.21 Å². The highest BCUT2D eigenvalue weighted by Crippen LogP contribution is 2.05. The van der Waals surface area contributed by atoms with E-state index in [1.165, 1.54) is 12.3 Å². The number of aromatic nitrogens is 1. The van der Waals surface area contributed by atoms with Crippen molar-refractivity contribution in [2.45, 2.75) is 6.92 Å². The third kappa shape index (κ3) is 1.30. The third-order valence-corrected chi connectivity index (χ3v) is 1.84. The average Bonchev–Trinajstić information content (AvgIpc) is 1.99. The number of rotatable bonds is 1. The SMILES string of the molecule is Cc1c(C=O)c(=S)ccn1O. The minimum Gasteiger partial charge on any atom is -0.429 e. The Labute approximate surface area is 68.9 Å². The lowest BCUT2D eigenvalue weighted by atomic mass is 10.2. The Morgan fingerprint density at radius 1 is 1.73 bits per heavy atom. The van der Waals surface area contributed by atoms with Crippen molar-refractivity contribution in [2.75, 3.05) is 0 Å². The first kappa shape index (κ1) is 7.94. The van der Waals surface area contributed by atoms with Crippen LogP contribution in [0.15, 0.2) is 12.3 Å². The number of hydrogen-bond donors (Lipinski definition) is 1. The summed E-state index contributed by atoms with van der Waals surface area (Å²) in [7, 11) is 0. The lowest BCUT2D eigenvalue weighted by Gasteiger charge is -2.03. The van der Waals surface area contributed by atoms with Gasteiger partial charge in [-0.15, -0.1) is 0 Å². The molecule has 1 rings (SSSR count). The monoisotopic (exact) mass is 169 g/mol. The molecule has 11 heavy (non-hydrogen) atoms. The smallest absolute Gasteiger partial charge is 0.153 e. The highest BCUT2D eigenvalue weighted by Gasteiger charge is 2.01. The van der Waals surface area contributed by atoms with Crippen molar-refractivity contribution in [1.82, 2.24) is 4.73 Å². The number of carbonyl (C=O) groups is 1. The zero-order chi connectivity index (χ0) is 8.43. The van der Waals surface area contributed by atoms with E-state index in [-0.39, 0.29) is 0 Å². The molecule has 0 aromatic carbocycles. The Kier molecular flexibility index (Phi) is 2.05. The topological polar surface area (TPSA) is 42.2 Å². The Balaban J connectivity index is 3.53. The minimum atomic E-state index is 0.366. The van der Waals surface area contributed by atoms with Gasteiger partial charge in [-0.1, -0.05) is 12.2 Å². The fourth-order valence-electron chi connectivity index (χ4n) is 0.785. The van der Waals surface area contributed by atoms with Crippen molar-refractivity contribution >= 4 is 18.5 Å². The van der Waals surface area contributed by atoms with Crippen LogP contribution in [0.5, 0.6) is 0 Å². The second-order valence-electron chi connectivity index (χ2n) is 2.14. The molecule has 0 saturated heterocycles. The molecule has 0 saturated carbocycles. The maximum atomic E-state index is 10.4. The van der Waals surface area contributed by atoms with Crippen LogP contribution in [0.2, 0.25) is 0 Å². The predicted molar refractivity (Wildman–Crippen MR) is 42.6 cm³/mol. The van der Waals surface area contributed by atoms with Crippen LogP contribution >= 0.6 is 12.2 Å². The average molecular weight is 169 g/mol. The van der Waals surface area contributed by atoms with E-state index in [2.05, 4.69) is 0 Å². The highest BCUT2D eigenvalue weighted by atomic mass is 32.1. The summed E-state index contributed by atoms with van der Waals surface area (Å²) in [6.45, 7) is 1.62. The van der Waals surface area contributed by atoms with Gasteiger partial charge in [-0.05, 0) is 13.0 Å². The number of carbonyl (C=O) groups excluding carboxylic acids is 1. The van der Waals surface area contributed by atoms with E-state index in [1.54, 1.807) is 6.92 Å². The van der Waals surface area contributed by atoms with Crippen molar-refractivity contribution in [3.8, 4) is 0 Å². The lowest BCUT2D eigenvalue weighted by Crippen LogP contribution is -2.01. The zero-order valence-corrected chi connectivity index (χ0v) is 6.76. The molecule has 0 radical (unpaired) electrons. The molecule has 3 nitrogen and oxygen atoms in total. The lowest BCUT2D eigenvalue weighted by molar-refractivity contribution is 0.111. The van der Waals surface area contributed by atoms with Crippen molar-refractivity contribution in [1.29, 1.82) is 0 Å². The van der Waals surface area contributed by atoms with E-state index >= 15 is 0 Å². The van der Waals surface area contributed by atoms with E-state index in [0.717, 1.165) is 4.73 Å². The zero-order valence-electron chi connectivity index (χ0n) is 5.94. The highest BCUT2D eigenvalue weighted by molar-refractivity contribution is 7.71. The number of aldehydes is 1. The standard InChI is InChI=1S/C7H7NO2S/c1-5-6(4-9)7(11)2-3-8(5)10/h2-4,10H,1H3. The maximum absolute atomic E-state index is 10.4. The van der Waals surface area contributed by atoms with Crippen LogP contribution in [0.3, 0.4) is 0 Å². The summed E-state index contributed by atoms with van der Waals surface area (Å²) >= 11 is 4.84. The van der Waals surface area contributed by atoms with E-state index < -0.39 is 0 Å². The van der Waals surface area contributed by atoms with E-state index in [9.17, 15) is 4.79 Å².